The zero-order valence-corrected chi connectivity index (χ0v) is 17.9. The van der Waals surface area contributed by atoms with Gasteiger partial charge in [0.2, 0.25) is 0 Å². The number of benzene rings is 2. The standard InChI is InChI=1S/C22H22Cl2N2O3/c1-27-19-6-5-13(9-20(19)28-2)17-12-18-15-10-14(23)11-16(24)21(15)29-22(26(18)25-17)7-3-4-8-22/h5-6,9-11,18H,3-4,7-8,12H2,1-2H3/t18-/m0/s1. The first-order valence-corrected chi connectivity index (χ1v) is 10.6. The Kier molecular flexibility index (Phi) is 4.56. The lowest BCUT2D eigenvalue weighted by atomic mass is 9.94. The van der Waals surface area contributed by atoms with E-state index in [0.717, 1.165) is 54.7 Å². The Bertz CT molecular complexity index is 1000. The summed E-state index contributed by atoms with van der Waals surface area (Å²) in [5, 5.41) is 8.38. The van der Waals surface area contributed by atoms with Gasteiger partial charge in [-0.1, -0.05) is 23.2 Å². The lowest BCUT2D eigenvalue weighted by Crippen LogP contribution is -2.51. The Morgan fingerprint density at radius 2 is 1.83 bits per heavy atom. The van der Waals surface area contributed by atoms with Crippen molar-refractivity contribution in [3.8, 4) is 17.2 Å². The summed E-state index contributed by atoms with van der Waals surface area (Å²) in [7, 11) is 3.28. The molecule has 2 aromatic rings. The van der Waals surface area contributed by atoms with Gasteiger partial charge in [-0.05, 0) is 43.2 Å². The van der Waals surface area contributed by atoms with E-state index in [0.29, 0.717) is 21.5 Å². The molecule has 0 bridgehead atoms. The predicted molar refractivity (Wildman–Crippen MR) is 114 cm³/mol. The van der Waals surface area contributed by atoms with Crippen molar-refractivity contribution in [3.63, 3.8) is 0 Å². The summed E-state index contributed by atoms with van der Waals surface area (Å²) in [6.45, 7) is 0. The Hall–Kier alpha value is -2.11. The quantitative estimate of drug-likeness (QED) is 0.612. The van der Waals surface area contributed by atoms with Crippen LogP contribution in [0, 0.1) is 0 Å². The van der Waals surface area contributed by atoms with Gasteiger partial charge >= 0.3 is 0 Å². The van der Waals surface area contributed by atoms with Crippen molar-refractivity contribution in [2.75, 3.05) is 14.2 Å². The van der Waals surface area contributed by atoms with Gasteiger partial charge in [0, 0.05) is 35.4 Å². The van der Waals surface area contributed by atoms with Crippen LogP contribution in [-0.2, 0) is 0 Å². The smallest absolute Gasteiger partial charge is 0.198 e. The maximum atomic E-state index is 6.53. The number of hydrazone groups is 1. The first-order valence-electron chi connectivity index (χ1n) is 9.82. The predicted octanol–water partition coefficient (Wildman–Crippen LogP) is 5.82. The van der Waals surface area contributed by atoms with E-state index in [2.05, 4.69) is 5.01 Å². The van der Waals surface area contributed by atoms with Gasteiger partial charge in [-0.25, -0.2) is 5.01 Å². The van der Waals surface area contributed by atoms with E-state index in [1.807, 2.05) is 24.3 Å². The highest BCUT2D eigenvalue weighted by molar-refractivity contribution is 6.35. The normalized spacial score (nSPS) is 21.4. The Labute approximate surface area is 180 Å². The molecule has 1 fully saturated rings. The molecule has 5 nitrogen and oxygen atoms in total. The molecule has 1 atom stereocenters. The zero-order chi connectivity index (χ0) is 20.2. The molecule has 2 heterocycles. The molecule has 0 amide bonds. The molecule has 0 saturated heterocycles. The molecule has 1 spiro atoms. The number of ether oxygens (including phenoxy) is 3. The summed E-state index contributed by atoms with van der Waals surface area (Å²) >= 11 is 12.9. The molecular weight excluding hydrogens is 411 g/mol. The molecule has 1 aliphatic carbocycles. The topological polar surface area (TPSA) is 43.3 Å². The molecule has 2 aliphatic heterocycles. The first kappa shape index (κ1) is 18.9. The second-order valence-electron chi connectivity index (χ2n) is 7.74. The van der Waals surface area contributed by atoms with Crippen molar-refractivity contribution in [2.24, 2.45) is 5.10 Å². The zero-order valence-electron chi connectivity index (χ0n) is 16.4. The number of hydrogen-bond acceptors (Lipinski definition) is 5. The average Bonchev–Trinajstić information content (AvgIpc) is 3.37. The summed E-state index contributed by atoms with van der Waals surface area (Å²) in [6, 6.07) is 9.67. The number of fused-ring (bicyclic) bond motifs is 4. The minimum Gasteiger partial charge on any atom is -0.493 e. The number of methoxy groups -OCH3 is 2. The van der Waals surface area contributed by atoms with Crippen LogP contribution in [0.3, 0.4) is 0 Å². The van der Waals surface area contributed by atoms with Gasteiger partial charge in [-0.3, -0.25) is 0 Å². The number of nitrogens with zero attached hydrogens (tertiary/aromatic N) is 2. The van der Waals surface area contributed by atoms with E-state index in [-0.39, 0.29) is 6.04 Å². The first-order chi connectivity index (χ1) is 14.0. The molecule has 0 radical (unpaired) electrons. The Balaban J connectivity index is 1.60. The summed E-state index contributed by atoms with van der Waals surface area (Å²) < 4.78 is 17.4. The van der Waals surface area contributed by atoms with Crippen molar-refractivity contribution < 1.29 is 14.2 Å². The maximum absolute atomic E-state index is 6.53. The van der Waals surface area contributed by atoms with E-state index in [1.165, 1.54) is 0 Å². The van der Waals surface area contributed by atoms with Crippen LogP contribution < -0.4 is 14.2 Å². The van der Waals surface area contributed by atoms with E-state index in [1.54, 1.807) is 20.3 Å². The molecule has 152 valence electrons. The van der Waals surface area contributed by atoms with E-state index >= 15 is 0 Å². The van der Waals surface area contributed by atoms with Crippen LogP contribution in [0.4, 0.5) is 0 Å². The lowest BCUT2D eigenvalue weighted by molar-refractivity contribution is -0.114. The third-order valence-corrected chi connectivity index (χ3v) is 6.62. The Morgan fingerprint density at radius 1 is 1.07 bits per heavy atom. The summed E-state index contributed by atoms with van der Waals surface area (Å²) in [5.41, 5.74) is 2.57. The number of halogens is 2. The molecule has 2 aromatic carbocycles. The van der Waals surface area contributed by atoms with E-state index < -0.39 is 5.72 Å². The monoisotopic (exact) mass is 432 g/mol. The van der Waals surface area contributed by atoms with Crippen LogP contribution in [0.1, 0.15) is 49.3 Å². The van der Waals surface area contributed by atoms with Crippen LogP contribution in [0.15, 0.2) is 35.4 Å². The fourth-order valence-corrected chi connectivity index (χ4v) is 5.30. The molecule has 3 aliphatic rings. The highest BCUT2D eigenvalue weighted by Crippen LogP contribution is 2.54. The molecule has 0 aromatic heterocycles. The fraction of sp³-hybridized carbons (Fsp3) is 0.409. The molecule has 7 heteroatoms. The van der Waals surface area contributed by atoms with E-state index in [9.17, 15) is 0 Å². The molecule has 0 N–H and O–H groups in total. The van der Waals surface area contributed by atoms with Crippen LogP contribution >= 0.6 is 23.2 Å². The van der Waals surface area contributed by atoms with Gasteiger partial charge in [-0.15, -0.1) is 0 Å². The van der Waals surface area contributed by atoms with Gasteiger partial charge in [0.1, 0.15) is 5.75 Å². The second kappa shape index (κ2) is 6.99. The number of hydrogen-bond donors (Lipinski definition) is 0. The second-order valence-corrected chi connectivity index (χ2v) is 8.59. The van der Waals surface area contributed by atoms with Gasteiger partial charge < -0.3 is 14.2 Å². The van der Waals surface area contributed by atoms with Gasteiger partial charge in [0.25, 0.3) is 0 Å². The van der Waals surface area contributed by atoms with Crippen molar-refractivity contribution in [1.29, 1.82) is 0 Å². The minimum atomic E-state index is -0.437. The molecular formula is C22H22Cl2N2O3. The third kappa shape index (κ3) is 2.94. The fourth-order valence-electron chi connectivity index (χ4n) is 4.75. The van der Waals surface area contributed by atoms with Crippen molar-refractivity contribution in [3.05, 3.63) is 51.5 Å². The minimum absolute atomic E-state index is 0.0520. The SMILES string of the molecule is COc1ccc(C2=NN3[C@@H](C2)c2cc(Cl)cc(Cl)c2OC32CCCC2)cc1OC. The van der Waals surface area contributed by atoms with Crippen LogP contribution in [0.2, 0.25) is 10.0 Å². The maximum Gasteiger partial charge on any atom is 0.198 e. The summed E-state index contributed by atoms with van der Waals surface area (Å²) in [4.78, 5) is 0. The van der Waals surface area contributed by atoms with Crippen LogP contribution in [-0.4, -0.2) is 30.7 Å². The molecule has 29 heavy (non-hydrogen) atoms. The highest BCUT2D eigenvalue weighted by atomic mass is 35.5. The molecule has 5 rings (SSSR count). The molecule has 1 saturated carbocycles. The van der Waals surface area contributed by atoms with Gasteiger partial charge in [-0.2, -0.15) is 5.10 Å². The van der Waals surface area contributed by atoms with Crippen molar-refractivity contribution >= 4 is 28.9 Å². The largest absolute Gasteiger partial charge is 0.493 e. The van der Waals surface area contributed by atoms with Crippen molar-refractivity contribution in [1.82, 2.24) is 5.01 Å². The third-order valence-electron chi connectivity index (χ3n) is 6.12. The summed E-state index contributed by atoms with van der Waals surface area (Å²) in [5.74, 6) is 2.14. The van der Waals surface area contributed by atoms with E-state index in [4.69, 9.17) is 42.5 Å². The average molecular weight is 433 g/mol. The van der Waals surface area contributed by atoms with Gasteiger partial charge in [0.05, 0.1) is 31.0 Å². The number of rotatable bonds is 3. The van der Waals surface area contributed by atoms with Gasteiger partial charge in [0.15, 0.2) is 17.2 Å². The lowest BCUT2D eigenvalue weighted by Gasteiger charge is -2.46. The van der Waals surface area contributed by atoms with Crippen LogP contribution in [0.5, 0.6) is 17.2 Å². The Morgan fingerprint density at radius 3 is 2.55 bits per heavy atom. The highest BCUT2D eigenvalue weighted by Gasteiger charge is 2.52. The van der Waals surface area contributed by atoms with Crippen LogP contribution in [0.25, 0.3) is 0 Å². The van der Waals surface area contributed by atoms with Crippen molar-refractivity contribution in [2.45, 2.75) is 43.9 Å². The summed E-state index contributed by atoms with van der Waals surface area (Å²) in [6.07, 6.45) is 4.86. The molecule has 0 unspecified atom stereocenters.